The van der Waals surface area contributed by atoms with Gasteiger partial charge in [0.2, 0.25) is 5.95 Å². The zero-order valence-electron chi connectivity index (χ0n) is 13.2. The molecular weight excluding hydrogens is 282 g/mol. The normalized spacial score (nSPS) is 28.3. The smallest absolute Gasteiger partial charge is 0.354 e. The molecule has 1 saturated heterocycles. The summed E-state index contributed by atoms with van der Waals surface area (Å²) in [5.41, 5.74) is 0.928. The van der Waals surface area contributed by atoms with Crippen molar-refractivity contribution in [2.45, 2.75) is 45.1 Å². The lowest BCUT2D eigenvalue weighted by molar-refractivity contribution is 0.00202. The van der Waals surface area contributed by atoms with Crippen molar-refractivity contribution in [3.8, 4) is 0 Å². The third kappa shape index (κ3) is 2.67. The molecule has 1 saturated carbocycles. The summed E-state index contributed by atoms with van der Waals surface area (Å²) in [4.78, 5) is 22.0. The summed E-state index contributed by atoms with van der Waals surface area (Å²) in [5.74, 6) is -0.465. The Morgan fingerprint density at radius 3 is 2.91 bits per heavy atom. The Morgan fingerprint density at radius 2 is 2.18 bits per heavy atom. The molecule has 0 bridgehead atoms. The molecule has 0 radical (unpaired) electrons. The number of anilines is 1. The van der Waals surface area contributed by atoms with Gasteiger partial charge < -0.3 is 14.7 Å². The first kappa shape index (κ1) is 15.2. The molecule has 3 rings (SSSR count). The van der Waals surface area contributed by atoms with Gasteiger partial charge in [-0.2, -0.15) is 0 Å². The number of ether oxygens (including phenoxy) is 1. The first-order valence-electron chi connectivity index (χ1n) is 7.91. The second-order valence-corrected chi connectivity index (χ2v) is 6.50. The fraction of sp³-hybridized carbons (Fsp3) is 0.688. The first-order chi connectivity index (χ1) is 10.5. The average Bonchev–Trinajstić information content (AvgIpc) is 2.88. The SMILES string of the molecule is CO[C@@H]1CCC[C@]12CCCN(c1nc(C)cc(C(=O)O)n1)C2. The summed E-state index contributed by atoms with van der Waals surface area (Å²) < 4.78 is 5.71. The Balaban J connectivity index is 1.87. The highest BCUT2D eigenvalue weighted by atomic mass is 16.5. The molecule has 2 fully saturated rings. The molecule has 0 unspecified atom stereocenters. The molecule has 6 heteroatoms. The van der Waals surface area contributed by atoms with Crippen LogP contribution >= 0.6 is 0 Å². The van der Waals surface area contributed by atoms with Gasteiger partial charge in [0.25, 0.3) is 0 Å². The van der Waals surface area contributed by atoms with E-state index >= 15 is 0 Å². The third-order valence-corrected chi connectivity index (χ3v) is 5.06. The number of hydrogen-bond acceptors (Lipinski definition) is 5. The van der Waals surface area contributed by atoms with E-state index in [2.05, 4.69) is 14.9 Å². The molecule has 1 spiro atoms. The van der Waals surface area contributed by atoms with Gasteiger partial charge in [0, 0.05) is 31.3 Å². The van der Waals surface area contributed by atoms with Gasteiger partial charge in [0.05, 0.1) is 6.10 Å². The van der Waals surface area contributed by atoms with E-state index in [9.17, 15) is 9.90 Å². The summed E-state index contributed by atoms with van der Waals surface area (Å²) in [7, 11) is 1.79. The van der Waals surface area contributed by atoms with E-state index in [1.165, 1.54) is 25.3 Å². The van der Waals surface area contributed by atoms with E-state index in [0.29, 0.717) is 17.7 Å². The van der Waals surface area contributed by atoms with E-state index in [4.69, 9.17) is 4.74 Å². The van der Waals surface area contributed by atoms with Crippen LogP contribution in [0.3, 0.4) is 0 Å². The Hall–Kier alpha value is -1.69. The highest BCUT2D eigenvalue weighted by Gasteiger charge is 2.46. The van der Waals surface area contributed by atoms with Crippen LogP contribution in [0.25, 0.3) is 0 Å². The topological polar surface area (TPSA) is 75.5 Å². The molecule has 22 heavy (non-hydrogen) atoms. The number of piperidine rings is 1. The second-order valence-electron chi connectivity index (χ2n) is 6.50. The number of nitrogens with zero attached hydrogens (tertiary/aromatic N) is 3. The Kier molecular flexibility index (Phi) is 4.04. The Morgan fingerprint density at radius 1 is 1.41 bits per heavy atom. The van der Waals surface area contributed by atoms with Crippen molar-refractivity contribution in [3.05, 3.63) is 17.5 Å². The molecule has 2 aliphatic rings. The quantitative estimate of drug-likeness (QED) is 0.923. The molecule has 2 heterocycles. The fourth-order valence-electron chi connectivity index (χ4n) is 4.08. The minimum Gasteiger partial charge on any atom is -0.477 e. The standard InChI is InChI=1S/C16H23N3O3/c1-11-9-12(14(20)21)18-15(17-11)19-8-4-7-16(10-19)6-3-5-13(16)22-2/h9,13H,3-8,10H2,1-2H3,(H,20,21)/t13-,16-/m1/s1. The van der Waals surface area contributed by atoms with Gasteiger partial charge in [-0.25, -0.2) is 14.8 Å². The van der Waals surface area contributed by atoms with Crippen LogP contribution in [-0.4, -0.2) is 47.3 Å². The van der Waals surface area contributed by atoms with E-state index in [-0.39, 0.29) is 11.1 Å². The second kappa shape index (κ2) is 5.83. The van der Waals surface area contributed by atoms with Crippen LogP contribution in [0.1, 0.15) is 48.3 Å². The van der Waals surface area contributed by atoms with E-state index in [1.807, 2.05) is 6.92 Å². The van der Waals surface area contributed by atoms with Gasteiger partial charge in [-0.05, 0) is 38.7 Å². The van der Waals surface area contributed by atoms with Gasteiger partial charge in [-0.3, -0.25) is 0 Å². The summed E-state index contributed by atoms with van der Waals surface area (Å²) in [6, 6.07) is 1.51. The van der Waals surface area contributed by atoms with Crippen LogP contribution in [-0.2, 0) is 4.74 Å². The molecule has 6 nitrogen and oxygen atoms in total. The molecule has 1 aromatic heterocycles. The average molecular weight is 305 g/mol. The van der Waals surface area contributed by atoms with Crippen LogP contribution in [0.4, 0.5) is 5.95 Å². The summed E-state index contributed by atoms with van der Waals surface area (Å²) in [6.45, 7) is 3.54. The molecule has 1 aromatic rings. The van der Waals surface area contributed by atoms with Gasteiger partial charge in [0.15, 0.2) is 5.69 Å². The predicted octanol–water partition coefficient (Wildman–Crippen LogP) is 2.27. The van der Waals surface area contributed by atoms with Gasteiger partial charge in [0.1, 0.15) is 0 Å². The number of aromatic carboxylic acids is 1. The predicted molar refractivity (Wildman–Crippen MR) is 82.3 cm³/mol. The van der Waals surface area contributed by atoms with Gasteiger partial charge in [-0.15, -0.1) is 0 Å². The monoisotopic (exact) mass is 305 g/mol. The molecular formula is C16H23N3O3. The molecule has 2 atom stereocenters. The third-order valence-electron chi connectivity index (χ3n) is 5.06. The summed E-state index contributed by atoms with van der Waals surface area (Å²) in [6.07, 6.45) is 6.00. The summed E-state index contributed by atoms with van der Waals surface area (Å²) in [5, 5.41) is 9.19. The van der Waals surface area contributed by atoms with Crippen molar-refractivity contribution in [3.63, 3.8) is 0 Å². The van der Waals surface area contributed by atoms with Crippen LogP contribution < -0.4 is 4.90 Å². The number of aryl methyl sites for hydroxylation is 1. The largest absolute Gasteiger partial charge is 0.477 e. The van der Waals surface area contributed by atoms with E-state index in [0.717, 1.165) is 25.9 Å². The lowest BCUT2D eigenvalue weighted by Gasteiger charge is -2.43. The number of carboxylic acid groups (broad SMARTS) is 1. The highest BCUT2D eigenvalue weighted by Crippen LogP contribution is 2.46. The first-order valence-corrected chi connectivity index (χ1v) is 7.91. The fourth-order valence-corrected chi connectivity index (χ4v) is 4.08. The lowest BCUT2D eigenvalue weighted by Crippen LogP contribution is -2.48. The molecule has 0 amide bonds. The Labute approximate surface area is 130 Å². The van der Waals surface area contributed by atoms with Gasteiger partial charge >= 0.3 is 5.97 Å². The van der Waals surface area contributed by atoms with E-state index < -0.39 is 5.97 Å². The van der Waals surface area contributed by atoms with Crippen molar-refractivity contribution in [1.29, 1.82) is 0 Å². The minimum absolute atomic E-state index is 0.0665. The van der Waals surface area contributed by atoms with Crippen molar-refractivity contribution in [1.82, 2.24) is 9.97 Å². The zero-order valence-corrected chi connectivity index (χ0v) is 13.2. The van der Waals surface area contributed by atoms with Crippen molar-refractivity contribution >= 4 is 11.9 Å². The van der Waals surface area contributed by atoms with Crippen LogP contribution in [0.5, 0.6) is 0 Å². The van der Waals surface area contributed by atoms with Crippen LogP contribution in [0.15, 0.2) is 6.07 Å². The number of carboxylic acids is 1. The zero-order chi connectivity index (χ0) is 15.7. The number of hydrogen-bond donors (Lipinski definition) is 1. The number of carbonyl (C=O) groups is 1. The summed E-state index contributed by atoms with van der Waals surface area (Å²) >= 11 is 0. The minimum atomic E-state index is -1.01. The molecule has 1 N–H and O–H groups in total. The highest BCUT2D eigenvalue weighted by molar-refractivity contribution is 5.85. The lowest BCUT2D eigenvalue weighted by atomic mass is 9.76. The molecule has 1 aliphatic heterocycles. The Bertz CT molecular complexity index is 578. The number of aromatic nitrogens is 2. The molecule has 1 aliphatic carbocycles. The van der Waals surface area contributed by atoms with Crippen molar-refractivity contribution < 1.29 is 14.6 Å². The van der Waals surface area contributed by atoms with Crippen LogP contribution in [0.2, 0.25) is 0 Å². The van der Waals surface area contributed by atoms with Gasteiger partial charge in [-0.1, -0.05) is 6.42 Å². The number of methoxy groups -OCH3 is 1. The van der Waals surface area contributed by atoms with Crippen molar-refractivity contribution in [2.75, 3.05) is 25.1 Å². The maximum Gasteiger partial charge on any atom is 0.354 e. The maximum atomic E-state index is 11.2. The van der Waals surface area contributed by atoms with Crippen molar-refractivity contribution in [2.24, 2.45) is 5.41 Å². The number of rotatable bonds is 3. The van der Waals surface area contributed by atoms with E-state index in [1.54, 1.807) is 7.11 Å². The van der Waals surface area contributed by atoms with Crippen LogP contribution in [0, 0.1) is 12.3 Å². The molecule has 120 valence electrons. The molecule has 0 aromatic carbocycles. The maximum absolute atomic E-state index is 11.2.